The number of pyridine rings is 1. The zero-order valence-electron chi connectivity index (χ0n) is 7.47. The Hall–Kier alpha value is -0.740. The summed E-state index contributed by atoms with van der Waals surface area (Å²) in [6, 6.07) is 3.48. The molecule has 1 aromatic heterocycles. The van der Waals surface area contributed by atoms with Crippen LogP contribution in [-0.4, -0.2) is 22.3 Å². The summed E-state index contributed by atoms with van der Waals surface area (Å²) < 4.78 is 1.13. The fourth-order valence-electron chi connectivity index (χ4n) is 1.12. The molecule has 2 rings (SSSR count). The molecule has 2 heterocycles. The van der Waals surface area contributed by atoms with Gasteiger partial charge in [-0.1, -0.05) is 0 Å². The van der Waals surface area contributed by atoms with Crippen LogP contribution in [0.1, 0.15) is 10.4 Å². The molecule has 2 nitrogen and oxygen atoms in total. The number of carbonyl (C=O) groups excluding carboxylic acids is 1. The second kappa shape index (κ2) is 4.66. The summed E-state index contributed by atoms with van der Waals surface area (Å²) in [5.41, 5.74) is 0.709. The molecule has 72 valence electrons. The number of nitrogens with zero attached hydrogens (tertiary/aromatic N) is 1. The van der Waals surface area contributed by atoms with Crippen molar-refractivity contribution in [3.63, 3.8) is 0 Å². The zero-order chi connectivity index (χ0) is 9.80. The van der Waals surface area contributed by atoms with Gasteiger partial charge in [-0.05, 0) is 12.1 Å². The molecule has 0 saturated carbocycles. The third kappa shape index (κ3) is 2.39. The third-order valence-electron chi connectivity index (χ3n) is 1.79. The quantitative estimate of drug-likeness (QED) is 0.569. The summed E-state index contributed by atoms with van der Waals surface area (Å²) in [7, 11) is 0. The van der Waals surface area contributed by atoms with Crippen LogP contribution in [0, 0.1) is 0 Å². The van der Waals surface area contributed by atoms with E-state index in [4.69, 9.17) is 0 Å². The second-order valence-electron chi connectivity index (χ2n) is 2.76. The maximum Gasteiger partial charge on any atom is 0.187 e. The average molecular weight is 223 g/mol. The van der Waals surface area contributed by atoms with Crippen molar-refractivity contribution in [2.24, 2.45) is 0 Å². The highest BCUT2D eigenvalue weighted by Gasteiger charge is 2.10. The number of aromatic nitrogens is 1. The van der Waals surface area contributed by atoms with Crippen LogP contribution in [0.15, 0.2) is 34.8 Å². The molecule has 1 aliphatic heterocycles. The number of hydrogen-bond acceptors (Lipinski definition) is 4. The van der Waals surface area contributed by atoms with Crippen LogP contribution in [0.2, 0.25) is 0 Å². The lowest BCUT2D eigenvalue weighted by atomic mass is 10.2. The predicted molar refractivity (Wildman–Crippen MR) is 61.6 cm³/mol. The fraction of sp³-hybridized carbons (Fsp3) is 0.200. The maximum absolute atomic E-state index is 11.7. The van der Waals surface area contributed by atoms with Crippen LogP contribution in [0.3, 0.4) is 0 Å². The number of carbonyl (C=O) groups is 1. The largest absolute Gasteiger partial charge is 0.289 e. The Morgan fingerprint density at radius 3 is 2.57 bits per heavy atom. The summed E-state index contributed by atoms with van der Waals surface area (Å²) in [6.07, 6.45) is 5.00. The molecular weight excluding hydrogens is 214 g/mol. The smallest absolute Gasteiger partial charge is 0.187 e. The minimum absolute atomic E-state index is 0.0734. The Morgan fingerprint density at radius 1 is 1.29 bits per heavy atom. The molecule has 1 saturated heterocycles. The molecule has 0 bridgehead atoms. The van der Waals surface area contributed by atoms with Gasteiger partial charge in [-0.3, -0.25) is 9.78 Å². The van der Waals surface area contributed by atoms with Crippen molar-refractivity contribution in [1.82, 2.24) is 4.98 Å². The molecule has 1 fully saturated rings. The molecule has 0 radical (unpaired) electrons. The number of thioether (sulfide) groups is 2. The summed E-state index contributed by atoms with van der Waals surface area (Å²) in [6.45, 7) is 0. The molecule has 0 amide bonds. The number of hydrogen-bond donors (Lipinski definition) is 0. The first-order valence-corrected chi connectivity index (χ1v) is 6.25. The molecule has 0 atom stereocenters. The van der Waals surface area contributed by atoms with Crippen LogP contribution in [0.25, 0.3) is 0 Å². The highest BCUT2D eigenvalue weighted by Crippen LogP contribution is 2.36. The van der Waals surface area contributed by atoms with Gasteiger partial charge in [-0.25, -0.2) is 0 Å². The van der Waals surface area contributed by atoms with E-state index >= 15 is 0 Å². The Kier molecular flexibility index (Phi) is 3.26. The highest BCUT2D eigenvalue weighted by atomic mass is 32.2. The molecule has 14 heavy (non-hydrogen) atoms. The van der Waals surface area contributed by atoms with Gasteiger partial charge in [-0.2, -0.15) is 0 Å². The first-order chi connectivity index (χ1) is 6.86. The monoisotopic (exact) mass is 223 g/mol. The van der Waals surface area contributed by atoms with E-state index in [1.807, 2.05) is 0 Å². The van der Waals surface area contributed by atoms with E-state index < -0.39 is 0 Å². The molecular formula is C10H9NOS2. The minimum atomic E-state index is 0.0734. The van der Waals surface area contributed by atoms with Crippen molar-refractivity contribution in [3.05, 3.63) is 40.4 Å². The minimum Gasteiger partial charge on any atom is -0.289 e. The topological polar surface area (TPSA) is 30.0 Å². The van der Waals surface area contributed by atoms with Gasteiger partial charge in [-0.15, -0.1) is 23.5 Å². The van der Waals surface area contributed by atoms with Gasteiger partial charge < -0.3 is 0 Å². The molecule has 1 aliphatic rings. The fourth-order valence-corrected chi connectivity index (χ4v) is 3.40. The van der Waals surface area contributed by atoms with Gasteiger partial charge in [0.25, 0.3) is 0 Å². The molecule has 4 heteroatoms. The summed E-state index contributed by atoms with van der Waals surface area (Å²) in [5, 5.41) is 0. The highest BCUT2D eigenvalue weighted by molar-refractivity contribution is 8.25. The number of allylic oxidation sites excluding steroid dienone is 1. The molecule has 0 N–H and O–H groups in total. The van der Waals surface area contributed by atoms with E-state index in [0.29, 0.717) is 5.56 Å². The van der Waals surface area contributed by atoms with Gasteiger partial charge in [0.2, 0.25) is 0 Å². The van der Waals surface area contributed by atoms with Gasteiger partial charge >= 0.3 is 0 Å². The normalized spacial score (nSPS) is 15.6. The second-order valence-corrected chi connectivity index (χ2v) is 5.29. The molecule has 0 unspecified atom stereocenters. The van der Waals surface area contributed by atoms with Gasteiger partial charge in [0, 0.05) is 39.8 Å². The van der Waals surface area contributed by atoms with Crippen LogP contribution < -0.4 is 0 Å². The van der Waals surface area contributed by atoms with Crippen molar-refractivity contribution in [2.45, 2.75) is 0 Å². The van der Waals surface area contributed by atoms with Crippen molar-refractivity contribution in [3.8, 4) is 0 Å². The van der Waals surface area contributed by atoms with Gasteiger partial charge in [0.05, 0.1) is 0 Å². The van der Waals surface area contributed by atoms with Crippen LogP contribution in [0.5, 0.6) is 0 Å². The standard InChI is InChI=1S/C10H9NOS2/c12-9(7-10-13-5-6-14-10)8-1-3-11-4-2-8/h1-4,7H,5-6H2. The van der Waals surface area contributed by atoms with Crippen LogP contribution in [0.4, 0.5) is 0 Å². The number of rotatable bonds is 2. The van der Waals surface area contributed by atoms with Crippen molar-refractivity contribution >= 4 is 29.3 Å². The molecule has 0 spiro atoms. The first-order valence-electron chi connectivity index (χ1n) is 4.28. The molecule has 1 aromatic rings. The lowest BCUT2D eigenvalue weighted by Crippen LogP contribution is -1.94. The summed E-state index contributed by atoms with van der Waals surface area (Å²) in [4.78, 5) is 15.5. The molecule has 0 aliphatic carbocycles. The summed E-state index contributed by atoms with van der Waals surface area (Å²) >= 11 is 3.51. The van der Waals surface area contributed by atoms with E-state index in [2.05, 4.69) is 4.98 Å². The lowest BCUT2D eigenvalue weighted by Gasteiger charge is -1.95. The van der Waals surface area contributed by atoms with E-state index in [9.17, 15) is 4.79 Å². The Labute approximate surface area is 91.2 Å². The van der Waals surface area contributed by atoms with Crippen LogP contribution in [-0.2, 0) is 0 Å². The van der Waals surface area contributed by atoms with Crippen LogP contribution >= 0.6 is 23.5 Å². The Morgan fingerprint density at radius 2 is 1.93 bits per heavy atom. The van der Waals surface area contributed by atoms with Crippen molar-refractivity contribution in [1.29, 1.82) is 0 Å². The summed E-state index contributed by atoms with van der Waals surface area (Å²) in [5.74, 6) is 2.30. The van der Waals surface area contributed by atoms with E-state index in [-0.39, 0.29) is 5.78 Å². The molecule has 0 aromatic carbocycles. The Balaban J connectivity index is 2.13. The first kappa shape index (κ1) is 9.80. The zero-order valence-corrected chi connectivity index (χ0v) is 9.11. The van der Waals surface area contributed by atoms with Gasteiger partial charge in [0.15, 0.2) is 5.78 Å². The predicted octanol–water partition coefficient (Wildman–Crippen LogP) is 2.59. The Bertz CT molecular complexity index is 354. The van der Waals surface area contributed by atoms with Gasteiger partial charge in [0.1, 0.15) is 0 Å². The average Bonchev–Trinajstić information content (AvgIpc) is 2.72. The third-order valence-corrected chi connectivity index (χ3v) is 4.37. The van der Waals surface area contributed by atoms with Crippen molar-refractivity contribution in [2.75, 3.05) is 11.5 Å². The maximum atomic E-state index is 11.7. The van der Waals surface area contributed by atoms with E-state index in [1.165, 1.54) is 0 Å². The van der Waals surface area contributed by atoms with E-state index in [1.54, 1.807) is 54.1 Å². The SMILES string of the molecule is O=C(C=C1SCCS1)c1ccncc1. The lowest BCUT2D eigenvalue weighted by molar-refractivity contribution is 0.104. The van der Waals surface area contributed by atoms with E-state index in [0.717, 1.165) is 15.7 Å². The van der Waals surface area contributed by atoms with Crippen molar-refractivity contribution < 1.29 is 4.79 Å². The number of ketones is 1.